The molecule has 0 amide bonds. The predicted octanol–water partition coefficient (Wildman–Crippen LogP) is 0.467. The molecule has 4 aliphatic rings. The molecule has 2 saturated heterocycles. The van der Waals surface area contributed by atoms with Crippen molar-refractivity contribution >= 4 is 23.8 Å². The molecule has 0 bridgehead atoms. The number of hydrogen-bond acceptors (Lipinski definition) is 8. The fourth-order valence-corrected chi connectivity index (χ4v) is 5.74. The molecule has 10 atom stereocenters. The SMILES string of the molecule is CO/N=C1/N=CNC2C1CCN2[C@@H]1O[C@H]([C@H](O)C2CCC(Cl)C(C)C2)[C@@](C)(O)[C@H]1O. The molecule has 3 fully saturated rings. The Morgan fingerprint density at radius 1 is 1.43 bits per heavy atom. The van der Waals surface area contributed by atoms with Gasteiger partial charge in [0.2, 0.25) is 0 Å². The third kappa shape index (κ3) is 3.73. The van der Waals surface area contributed by atoms with Crippen LogP contribution in [-0.2, 0) is 9.57 Å². The summed E-state index contributed by atoms with van der Waals surface area (Å²) in [5, 5.41) is 40.5. The highest BCUT2D eigenvalue weighted by Gasteiger charge is 2.59. The molecule has 0 aromatic carbocycles. The molecular formula is C20H33ClN4O5. The number of aliphatic hydroxyl groups excluding tert-OH is 2. The van der Waals surface area contributed by atoms with E-state index in [1.54, 1.807) is 13.3 Å². The molecule has 30 heavy (non-hydrogen) atoms. The molecule has 5 unspecified atom stereocenters. The second-order valence-corrected chi connectivity index (χ2v) is 9.87. The highest BCUT2D eigenvalue weighted by Crippen LogP contribution is 2.43. The number of halogens is 1. The number of fused-ring (bicyclic) bond motifs is 1. The average Bonchev–Trinajstić information content (AvgIpc) is 3.24. The first-order chi connectivity index (χ1) is 14.3. The minimum atomic E-state index is -1.57. The minimum absolute atomic E-state index is 0.0143. The van der Waals surface area contributed by atoms with Crippen molar-refractivity contribution < 1.29 is 24.9 Å². The molecule has 0 aromatic heterocycles. The molecule has 3 heterocycles. The Bertz CT molecular complexity index is 692. The van der Waals surface area contributed by atoms with Crippen LogP contribution in [0.2, 0.25) is 0 Å². The monoisotopic (exact) mass is 444 g/mol. The second-order valence-electron chi connectivity index (χ2n) is 9.31. The van der Waals surface area contributed by atoms with Crippen LogP contribution in [0.4, 0.5) is 0 Å². The van der Waals surface area contributed by atoms with Crippen LogP contribution in [0.15, 0.2) is 10.1 Å². The van der Waals surface area contributed by atoms with Gasteiger partial charge < -0.3 is 30.2 Å². The van der Waals surface area contributed by atoms with E-state index < -0.39 is 30.1 Å². The number of likely N-dealkylation sites (tertiary alicyclic amines) is 1. The van der Waals surface area contributed by atoms with Gasteiger partial charge in [0, 0.05) is 11.9 Å². The summed E-state index contributed by atoms with van der Waals surface area (Å²) in [5.41, 5.74) is -1.57. The lowest BCUT2D eigenvalue weighted by Gasteiger charge is -2.38. The van der Waals surface area contributed by atoms with Crippen molar-refractivity contribution in [3.8, 4) is 0 Å². The van der Waals surface area contributed by atoms with Gasteiger partial charge in [-0.05, 0) is 44.4 Å². The molecular weight excluding hydrogens is 412 g/mol. The lowest BCUT2D eigenvalue weighted by Crippen LogP contribution is -2.57. The second kappa shape index (κ2) is 8.52. The predicted molar refractivity (Wildman–Crippen MR) is 112 cm³/mol. The zero-order chi connectivity index (χ0) is 21.6. The molecule has 3 aliphatic heterocycles. The number of ether oxygens (including phenoxy) is 1. The van der Waals surface area contributed by atoms with E-state index >= 15 is 0 Å². The van der Waals surface area contributed by atoms with Crippen LogP contribution in [-0.4, -0.2) is 87.7 Å². The number of nitrogens with zero attached hydrogens (tertiary/aromatic N) is 3. The van der Waals surface area contributed by atoms with Gasteiger partial charge in [-0.1, -0.05) is 12.1 Å². The quantitative estimate of drug-likeness (QED) is 0.367. The number of nitrogens with one attached hydrogen (secondary N) is 1. The van der Waals surface area contributed by atoms with Crippen molar-refractivity contribution in [2.24, 2.45) is 27.9 Å². The Labute approximate surface area is 182 Å². The van der Waals surface area contributed by atoms with Gasteiger partial charge in [-0.2, -0.15) is 0 Å². The Balaban J connectivity index is 1.50. The molecule has 9 nitrogen and oxygen atoms in total. The number of aliphatic imine (C=N–C) groups is 1. The fourth-order valence-electron chi connectivity index (χ4n) is 5.51. The van der Waals surface area contributed by atoms with Crippen molar-refractivity contribution in [3.63, 3.8) is 0 Å². The Kier molecular flexibility index (Phi) is 6.31. The number of rotatable bonds is 4. The maximum Gasteiger partial charge on any atom is 0.175 e. The number of amidine groups is 1. The molecule has 0 radical (unpaired) electrons. The van der Waals surface area contributed by atoms with Gasteiger partial charge >= 0.3 is 0 Å². The number of oxime groups is 1. The first-order valence-corrected chi connectivity index (χ1v) is 11.2. The van der Waals surface area contributed by atoms with E-state index in [9.17, 15) is 15.3 Å². The topological polar surface area (TPSA) is 119 Å². The lowest BCUT2D eigenvalue weighted by molar-refractivity contribution is -0.144. The Hall–Kier alpha value is -0.970. The minimum Gasteiger partial charge on any atom is -0.398 e. The van der Waals surface area contributed by atoms with Crippen LogP contribution in [0.1, 0.15) is 39.5 Å². The summed E-state index contributed by atoms with van der Waals surface area (Å²) in [7, 11) is 1.48. The van der Waals surface area contributed by atoms with Gasteiger partial charge in [-0.15, -0.1) is 11.6 Å². The molecule has 1 aliphatic carbocycles. The summed E-state index contributed by atoms with van der Waals surface area (Å²) in [6.07, 6.45) is 0.836. The summed E-state index contributed by atoms with van der Waals surface area (Å²) < 4.78 is 6.18. The highest BCUT2D eigenvalue weighted by molar-refractivity contribution is 6.20. The van der Waals surface area contributed by atoms with Crippen LogP contribution < -0.4 is 5.32 Å². The van der Waals surface area contributed by atoms with Crippen LogP contribution in [0.3, 0.4) is 0 Å². The van der Waals surface area contributed by atoms with Crippen molar-refractivity contribution in [2.45, 2.75) is 81.2 Å². The molecule has 170 valence electrons. The summed E-state index contributed by atoms with van der Waals surface area (Å²) in [6, 6.07) is 0. The first kappa shape index (κ1) is 22.2. The summed E-state index contributed by atoms with van der Waals surface area (Å²) in [4.78, 5) is 11.1. The smallest absolute Gasteiger partial charge is 0.175 e. The van der Waals surface area contributed by atoms with Crippen LogP contribution >= 0.6 is 11.6 Å². The first-order valence-electron chi connectivity index (χ1n) is 10.8. The van der Waals surface area contributed by atoms with Gasteiger partial charge in [0.25, 0.3) is 0 Å². The van der Waals surface area contributed by atoms with Crippen molar-refractivity contribution in [1.29, 1.82) is 0 Å². The lowest BCUT2D eigenvalue weighted by atomic mass is 9.75. The number of aliphatic hydroxyl groups is 3. The number of hydrogen-bond donors (Lipinski definition) is 4. The van der Waals surface area contributed by atoms with E-state index in [0.717, 1.165) is 25.7 Å². The van der Waals surface area contributed by atoms with Gasteiger partial charge in [-0.3, -0.25) is 4.90 Å². The van der Waals surface area contributed by atoms with Crippen molar-refractivity contribution in [1.82, 2.24) is 10.2 Å². The van der Waals surface area contributed by atoms with E-state index in [1.165, 1.54) is 7.11 Å². The van der Waals surface area contributed by atoms with Gasteiger partial charge in [-0.25, -0.2) is 4.99 Å². The van der Waals surface area contributed by atoms with Crippen molar-refractivity contribution in [3.05, 3.63) is 0 Å². The zero-order valence-corrected chi connectivity index (χ0v) is 18.4. The van der Waals surface area contributed by atoms with E-state index in [2.05, 4.69) is 22.4 Å². The molecule has 0 aromatic rings. The van der Waals surface area contributed by atoms with E-state index in [-0.39, 0.29) is 29.3 Å². The van der Waals surface area contributed by atoms with Crippen LogP contribution in [0.5, 0.6) is 0 Å². The van der Waals surface area contributed by atoms with Crippen LogP contribution in [0.25, 0.3) is 0 Å². The molecule has 4 rings (SSSR count). The molecule has 4 N–H and O–H groups in total. The average molecular weight is 445 g/mol. The Morgan fingerprint density at radius 3 is 2.90 bits per heavy atom. The fraction of sp³-hybridized carbons (Fsp3) is 0.900. The van der Waals surface area contributed by atoms with Gasteiger partial charge in [0.15, 0.2) is 5.84 Å². The molecule has 0 spiro atoms. The third-order valence-electron chi connectivity index (χ3n) is 7.35. The summed E-state index contributed by atoms with van der Waals surface area (Å²) in [5.74, 6) is 0.839. The van der Waals surface area contributed by atoms with E-state index in [4.69, 9.17) is 21.2 Å². The Morgan fingerprint density at radius 2 is 2.20 bits per heavy atom. The maximum absolute atomic E-state index is 11.1. The zero-order valence-electron chi connectivity index (χ0n) is 17.7. The summed E-state index contributed by atoms with van der Waals surface area (Å²) >= 11 is 6.34. The van der Waals surface area contributed by atoms with E-state index in [1.807, 2.05) is 4.90 Å². The largest absolute Gasteiger partial charge is 0.398 e. The number of alkyl halides is 1. The maximum atomic E-state index is 11.1. The standard InChI is InChI=1S/C20H33ClN4O5/c1-10-8-11(4-5-13(10)21)14(26)16-20(2,28)15(27)19(30-16)25-7-6-12-17(24-29-3)22-9-23-18(12)25/h9-16,18-19,26-28H,4-8H2,1-3H3,(H,22,23,24)/t10?,11?,12?,13?,14-,15+,16-,18?,19-,20+/m1/s1. The third-order valence-corrected chi connectivity index (χ3v) is 8.00. The van der Waals surface area contributed by atoms with E-state index in [0.29, 0.717) is 12.4 Å². The molecule has 1 saturated carbocycles. The highest BCUT2D eigenvalue weighted by atomic mass is 35.5. The van der Waals surface area contributed by atoms with Crippen LogP contribution in [0, 0.1) is 17.8 Å². The van der Waals surface area contributed by atoms with Crippen molar-refractivity contribution in [2.75, 3.05) is 13.7 Å². The van der Waals surface area contributed by atoms with Gasteiger partial charge in [0.1, 0.15) is 31.1 Å². The molecule has 10 heteroatoms. The normalized spacial score (nSPS) is 49.1. The van der Waals surface area contributed by atoms with Gasteiger partial charge in [0.05, 0.1) is 24.5 Å². The summed E-state index contributed by atoms with van der Waals surface area (Å²) in [6.45, 7) is 4.26.